The number of nitrogens with zero attached hydrogens (tertiary/aromatic N) is 3. The van der Waals surface area contributed by atoms with Crippen molar-refractivity contribution < 1.29 is 4.92 Å². The fraction of sp³-hybridized carbons (Fsp3) is 0.267. The van der Waals surface area contributed by atoms with Gasteiger partial charge in [-0.15, -0.1) is 0 Å². The van der Waals surface area contributed by atoms with Crippen LogP contribution in [0.2, 0.25) is 0 Å². The van der Waals surface area contributed by atoms with Crippen molar-refractivity contribution in [1.29, 1.82) is 0 Å². The van der Waals surface area contributed by atoms with Gasteiger partial charge in [-0.2, -0.15) is 0 Å². The van der Waals surface area contributed by atoms with Gasteiger partial charge in [-0.1, -0.05) is 30.3 Å². The van der Waals surface area contributed by atoms with E-state index in [2.05, 4.69) is 22.0 Å². The van der Waals surface area contributed by atoms with Crippen LogP contribution in [0.15, 0.2) is 42.6 Å². The normalized spacial score (nSPS) is 14.8. The number of fused-ring (bicyclic) bond motifs is 1. The smallest absolute Gasteiger partial charge is 0.287 e. The summed E-state index contributed by atoms with van der Waals surface area (Å²) in [4.78, 5) is 16.9. The molecule has 0 saturated carbocycles. The number of benzene rings is 1. The summed E-state index contributed by atoms with van der Waals surface area (Å²) in [6.45, 7) is 2.55. The van der Waals surface area contributed by atoms with Crippen LogP contribution in [0.1, 0.15) is 16.8 Å². The second kappa shape index (κ2) is 5.38. The van der Waals surface area contributed by atoms with Crippen molar-refractivity contribution in [2.75, 3.05) is 6.54 Å². The highest BCUT2D eigenvalue weighted by Gasteiger charge is 2.20. The lowest BCUT2D eigenvalue weighted by Crippen LogP contribution is -2.30. The summed E-state index contributed by atoms with van der Waals surface area (Å²) < 4.78 is 0. The fourth-order valence-corrected chi connectivity index (χ4v) is 2.53. The van der Waals surface area contributed by atoms with Crippen molar-refractivity contribution in [1.82, 2.24) is 9.88 Å². The molecule has 2 heterocycles. The van der Waals surface area contributed by atoms with Crippen molar-refractivity contribution in [3.63, 3.8) is 0 Å². The van der Waals surface area contributed by atoms with E-state index in [0.717, 1.165) is 37.3 Å². The molecule has 0 aliphatic carbocycles. The highest BCUT2D eigenvalue weighted by molar-refractivity contribution is 5.35. The minimum Gasteiger partial charge on any atom is -0.293 e. The first-order valence-electron chi connectivity index (χ1n) is 6.61. The molecular formula is C15H15N3O2. The van der Waals surface area contributed by atoms with Gasteiger partial charge in [0.15, 0.2) is 0 Å². The van der Waals surface area contributed by atoms with Crippen LogP contribution in [-0.4, -0.2) is 21.4 Å². The molecule has 3 rings (SSSR count). The molecular weight excluding hydrogens is 254 g/mol. The zero-order valence-electron chi connectivity index (χ0n) is 11.0. The molecule has 1 aliphatic heterocycles. The Morgan fingerprint density at radius 2 is 2.10 bits per heavy atom. The summed E-state index contributed by atoms with van der Waals surface area (Å²) in [6, 6.07) is 12.0. The zero-order chi connectivity index (χ0) is 13.9. The fourth-order valence-electron chi connectivity index (χ4n) is 2.53. The van der Waals surface area contributed by atoms with E-state index in [1.165, 1.54) is 11.8 Å². The maximum absolute atomic E-state index is 10.7. The van der Waals surface area contributed by atoms with Gasteiger partial charge in [0.05, 0.1) is 10.6 Å². The molecule has 0 bridgehead atoms. The Morgan fingerprint density at radius 3 is 2.85 bits per heavy atom. The summed E-state index contributed by atoms with van der Waals surface area (Å²) in [5.74, 6) is 0. The molecule has 0 spiro atoms. The molecule has 5 nitrogen and oxygen atoms in total. The van der Waals surface area contributed by atoms with E-state index >= 15 is 0 Å². The van der Waals surface area contributed by atoms with Crippen molar-refractivity contribution in [2.24, 2.45) is 0 Å². The summed E-state index contributed by atoms with van der Waals surface area (Å²) in [6.07, 6.45) is 2.17. The second-order valence-corrected chi connectivity index (χ2v) is 5.00. The molecule has 5 heteroatoms. The number of hydrogen-bond acceptors (Lipinski definition) is 4. The minimum atomic E-state index is -0.385. The van der Waals surface area contributed by atoms with Crippen LogP contribution in [0.5, 0.6) is 0 Å². The second-order valence-electron chi connectivity index (χ2n) is 5.00. The highest BCUT2D eigenvalue weighted by Crippen LogP contribution is 2.22. The summed E-state index contributed by atoms with van der Waals surface area (Å²) in [5.41, 5.74) is 3.32. The molecule has 0 fully saturated rings. The van der Waals surface area contributed by atoms with Crippen LogP contribution in [0, 0.1) is 10.1 Å². The van der Waals surface area contributed by atoms with E-state index in [4.69, 9.17) is 0 Å². The monoisotopic (exact) mass is 269 g/mol. The predicted molar refractivity (Wildman–Crippen MR) is 75.2 cm³/mol. The molecule has 0 radical (unpaired) electrons. The lowest BCUT2D eigenvalue weighted by molar-refractivity contribution is -0.385. The van der Waals surface area contributed by atoms with Crippen LogP contribution >= 0.6 is 0 Å². The van der Waals surface area contributed by atoms with Crippen LogP contribution in [0.4, 0.5) is 5.69 Å². The Hall–Kier alpha value is -2.27. The van der Waals surface area contributed by atoms with Crippen LogP contribution in [0.25, 0.3) is 0 Å². The standard InChI is InChI=1S/C15H15N3O2/c19-18(20)14-8-13-6-7-17(11-15(13)16-9-14)10-12-4-2-1-3-5-12/h1-5,8-9H,6-7,10-11H2. The van der Waals surface area contributed by atoms with Gasteiger partial charge >= 0.3 is 0 Å². The highest BCUT2D eigenvalue weighted by atomic mass is 16.6. The first-order valence-corrected chi connectivity index (χ1v) is 6.61. The van der Waals surface area contributed by atoms with Gasteiger partial charge in [-0.3, -0.25) is 20.0 Å². The Morgan fingerprint density at radius 1 is 1.30 bits per heavy atom. The Kier molecular flexibility index (Phi) is 3.43. The van der Waals surface area contributed by atoms with Crippen molar-refractivity contribution in [3.8, 4) is 0 Å². The van der Waals surface area contributed by atoms with E-state index in [-0.39, 0.29) is 10.6 Å². The number of rotatable bonds is 3. The van der Waals surface area contributed by atoms with E-state index in [9.17, 15) is 10.1 Å². The van der Waals surface area contributed by atoms with Gasteiger partial charge < -0.3 is 0 Å². The van der Waals surface area contributed by atoms with Gasteiger partial charge in [-0.05, 0) is 17.5 Å². The first-order chi connectivity index (χ1) is 9.72. The third-order valence-corrected chi connectivity index (χ3v) is 3.58. The van der Waals surface area contributed by atoms with Crippen LogP contribution < -0.4 is 0 Å². The van der Waals surface area contributed by atoms with Gasteiger partial charge in [0, 0.05) is 25.7 Å². The minimum absolute atomic E-state index is 0.0836. The van der Waals surface area contributed by atoms with Crippen LogP contribution in [-0.2, 0) is 19.5 Å². The Labute approximate surface area is 117 Å². The molecule has 0 atom stereocenters. The molecule has 1 aliphatic rings. The Bertz CT molecular complexity index is 628. The van der Waals surface area contributed by atoms with Gasteiger partial charge in [0.25, 0.3) is 5.69 Å². The largest absolute Gasteiger partial charge is 0.293 e. The molecule has 0 amide bonds. The lowest BCUT2D eigenvalue weighted by Gasteiger charge is -2.27. The van der Waals surface area contributed by atoms with Crippen LogP contribution in [0.3, 0.4) is 0 Å². The van der Waals surface area contributed by atoms with E-state index < -0.39 is 0 Å². The average molecular weight is 269 g/mol. The van der Waals surface area contributed by atoms with Crippen molar-refractivity contribution in [2.45, 2.75) is 19.5 Å². The molecule has 0 saturated heterocycles. The molecule has 1 aromatic carbocycles. The zero-order valence-corrected chi connectivity index (χ0v) is 11.0. The number of aromatic nitrogens is 1. The number of hydrogen-bond donors (Lipinski definition) is 0. The van der Waals surface area contributed by atoms with Crippen molar-refractivity contribution in [3.05, 3.63) is 69.5 Å². The lowest BCUT2D eigenvalue weighted by atomic mass is 10.0. The third kappa shape index (κ3) is 2.67. The average Bonchev–Trinajstić information content (AvgIpc) is 2.47. The molecule has 1 aromatic heterocycles. The maximum atomic E-state index is 10.7. The topological polar surface area (TPSA) is 59.3 Å². The number of pyridine rings is 1. The summed E-state index contributed by atoms with van der Waals surface area (Å²) in [7, 11) is 0. The van der Waals surface area contributed by atoms with Gasteiger partial charge in [-0.25, -0.2) is 0 Å². The number of nitro groups is 1. The van der Waals surface area contributed by atoms with E-state index in [0.29, 0.717) is 0 Å². The SMILES string of the molecule is O=[N+]([O-])c1cnc2c(c1)CCN(Cc1ccccc1)C2. The maximum Gasteiger partial charge on any atom is 0.287 e. The molecule has 0 N–H and O–H groups in total. The molecule has 20 heavy (non-hydrogen) atoms. The third-order valence-electron chi connectivity index (χ3n) is 3.58. The molecule has 102 valence electrons. The first kappa shape index (κ1) is 12.7. The molecule has 2 aromatic rings. The molecule has 0 unspecified atom stereocenters. The van der Waals surface area contributed by atoms with Gasteiger partial charge in [0.2, 0.25) is 0 Å². The predicted octanol–water partition coefficient (Wildman–Crippen LogP) is 2.55. The summed E-state index contributed by atoms with van der Waals surface area (Å²) in [5, 5.41) is 10.7. The van der Waals surface area contributed by atoms with E-state index in [1.807, 2.05) is 18.2 Å². The van der Waals surface area contributed by atoms with E-state index in [1.54, 1.807) is 6.07 Å². The summed E-state index contributed by atoms with van der Waals surface area (Å²) >= 11 is 0. The Balaban J connectivity index is 1.74. The van der Waals surface area contributed by atoms with Gasteiger partial charge in [0.1, 0.15) is 6.20 Å². The quantitative estimate of drug-likeness (QED) is 0.634. The van der Waals surface area contributed by atoms with Crippen molar-refractivity contribution >= 4 is 5.69 Å².